The van der Waals surface area contributed by atoms with Crippen LogP contribution in [0.4, 0.5) is 0 Å². The van der Waals surface area contributed by atoms with Crippen molar-refractivity contribution in [3.05, 3.63) is 114 Å². The molecule has 0 saturated carbocycles. The number of ether oxygens (including phenoxy) is 2. The van der Waals surface area contributed by atoms with Gasteiger partial charge >= 0.3 is 0 Å². The summed E-state index contributed by atoms with van der Waals surface area (Å²) in [6.07, 6.45) is 6.07. The zero-order chi connectivity index (χ0) is 20.9. The van der Waals surface area contributed by atoms with E-state index in [1.165, 1.54) is 5.56 Å². The van der Waals surface area contributed by atoms with Gasteiger partial charge in [0.15, 0.2) is 0 Å². The molecule has 2 atom stereocenters. The van der Waals surface area contributed by atoms with E-state index in [1.807, 2.05) is 54.6 Å². The van der Waals surface area contributed by atoms with Gasteiger partial charge in [-0.1, -0.05) is 119 Å². The molecule has 0 fully saturated rings. The molecule has 3 heteroatoms. The number of halogens is 1. The molecule has 30 heavy (non-hydrogen) atoms. The molecule has 3 aromatic carbocycles. The van der Waals surface area contributed by atoms with Crippen LogP contribution in [0.3, 0.4) is 0 Å². The Kier molecular flexibility index (Phi) is 9.87. The lowest BCUT2D eigenvalue weighted by atomic mass is 10.1. The lowest BCUT2D eigenvalue weighted by Gasteiger charge is -2.26. The minimum atomic E-state index is -0.131. The van der Waals surface area contributed by atoms with Crippen molar-refractivity contribution >= 4 is 22.0 Å². The van der Waals surface area contributed by atoms with E-state index in [0.717, 1.165) is 29.3 Å². The van der Waals surface area contributed by atoms with Gasteiger partial charge in [0.2, 0.25) is 0 Å². The first-order valence-corrected chi connectivity index (χ1v) is 11.6. The van der Waals surface area contributed by atoms with E-state index in [4.69, 9.17) is 9.47 Å². The van der Waals surface area contributed by atoms with Crippen molar-refractivity contribution in [1.82, 2.24) is 0 Å². The minimum Gasteiger partial charge on any atom is -0.370 e. The summed E-state index contributed by atoms with van der Waals surface area (Å²) in [5.74, 6) is 0. The molecule has 3 rings (SSSR count). The Bertz CT molecular complexity index is 850. The maximum Gasteiger partial charge on any atom is 0.102 e. The Morgan fingerprint density at radius 2 is 1.23 bits per heavy atom. The van der Waals surface area contributed by atoms with Crippen LogP contribution < -0.4 is 0 Å². The van der Waals surface area contributed by atoms with E-state index in [0.29, 0.717) is 13.2 Å². The van der Waals surface area contributed by atoms with Crippen molar-refractivity contribution in [3.63, 3.8) is 0 Å². The van der Waals surface area contributed by atoms with Gasteiger partial charge in [-0.3, -0.25) is 0 Å². The van der Waals surface area contributed by atoms with Crippen molar-refractivity contribution in [2.45, 2.75) is 38.3 Å². The second-order valence-electron chi connectivity index (χ2n) is 7.20. The highest BCUT2D eigenvalue weighted by Crippen LogP contribution is 2.19. The van der Waals surface area contributed by atoms with Crippen LogP contribution in [0, 0.1) is 0 Å². The Labute approximate surface area is 188 Å². The maximum atomic E-state index is 6.37. The van der Waals surface area contributed by atoms with Crippen LogP contribution >= 0.6 is 15.9 Å². The van der Waals surface area contributed by atoms with E-state index in [1.54, 1.807) is 0 Å². The summed E-state index contributed by atoms with van der Waals surface area (Å²) in [6.45, 7) is 1.14. The smallest absolute Gasteiger partial charge is 0.102 e. The quantitative estimate of drug-likeness (QED) is 0.267. The molecular formula is C27H29BrO2. The summed E-state index contributed by atoms with van der Waals surface area (Å²) in [4.78, 5) is 0. The van der Waals surface area contributed by atoms with E-state index in [-0.39, 0.29) is 12.2 Å². The van der Waals surface area contributed by atoms with Crippen LogP contribution in [0.5, 0.6) is 0 Å². The fourth-order valence-corrected chi connectivity index (χ4v) is 3.55. The number of rotatable bonds is 12. The van der Waals surface area contributed by atoms with Gasteiger partial charge in [0.25, 0.3) is 0 Å². The molecule has 0 radical (unpaired) electrons. The molecule has 0 saturated heterocycles. The van der Waals surface area contributed by atoms with Crippen molar-refractivity contribution in [2.75, 3.05) is 5.33 Å². The van der Waals surface area contributed by atoms with Crippen LogP contribution in [0.1, 0.15) is 29.5 Å². The molecule has 0 amide bonds. The molecule has 0 aromatic heterocycles. The third-order valence-corrected chi connectivity index (χ3v) is 5.42. The molecule has 156 valence electrons. The lowest BCUT2D eigenvalue weighted by Crippen LogP contribution is -2.30. The number of hydrogen-bond donors (Lipinski definition) is 0. The summed E-state index contributed by atoms with van der Waals surface area (Å²) in [7, 11) is 0. The third-order valence-electron chi connectivity index (χ3n) is 4.86. The SMILES string of the molecule is BrCCC[C@@H](OCc1ccccc1)[C@H](/C=C/c1ccccc1)OCc1ccccc1. The van der Waals surface area contributed by atoms with E-state index in [2.05, 4.69) is 64.5 Å². The molecule has 0 aliphatic rings. The third kappa shape index (κ3) is 7.91. The fraction of sp³-hybridized carbons (Fsp3) is 0.259. The predicted molar refractivity (Wildman–Crippen MR) is 129 cm³/mol. The van der Waals surface area contributed by atoms with E-state index < -0.39 is 0 Å². The van der Waals surface area contributed by atoms with E-state index >= 15 is 0 Å². The Morgan fingerprint density at radius 1 is 0.700 bits per heavy atom. The molecule has 0 aliphatic heterocycles. The van der Waals surface area contributed by atoms with Gasteiger partial charge in [-0.05, 0) is 29.5 Å². The van der Waals surface area contributed by atoms with Crippen LogP contribution in [0.15, 0.2) is 97.1 Å². The molecule has 0 unspecified atom stereocenters. The highest BCUT2D eigenvalue weighted by atomic mass is 79.9. The average Bonchev–Trinajstić information content (AvgIpc) is 2.82. The van der Waals surface area contributed by atoms with Gasteiger partial charge < -0.3 is 9.47 Å². The molecule has 2 nitrogen and oxygen atoms in total. The summed E-state index contributed by atoms with van der Waals surface area (Å²) >= 11 is 3.56. The zero-order valence-electron chi connectivity index (χ0n) is 17.2. The number of benzene rings is 3. The van der Waals surface area contributed by atoms with Crippen LogP contribution in [-0.2, 0) is 22.7 Å². The van der Waals surface area contributed by atoms with Crippen molar-refractivity contribution in [1.29, 1.82) is 0 Å². The van der Waals surface area contributed by atoms with Gasteiger partial charge in [0.05, 0.1) is 19.3 Å². The van der Waals surface area contributed by atoms with Gasteiger partial charge in [0, 0.05) is 5.33 Å². The standard InChI is InChI=1S/C27H29BrO2/c28-20-10-17-26(29-21-24-13-6-2-7-14-24)27(19-18-23-11-4-1-5-12-23)30-22-25-15-8-3-9-16-25/h1-9,11-16,18-19,26-27H,10,17,20-22H2/b19-18+/t26-,27+/m1/s1. The Hall–Kier alpha value is -2.20. The Morgan fingerprint density at radius 3 is 1.80 bits per heavy atom. The molecule has 0 spiro atoms. The monoisotopic (exact) mass is 464 g/mol. The number of alkyl halides is 1. The largest absolute Gasteiger partial charge is 0.370 e. The number of hydrogen-bond acceptors (Lipinski definition) is 2. The van der Waals surface area contributed by atoms with E-state index in [9.17, 15) is 0 Å². The second kappa shape index (κ2) is 13.2. The summed E-state index contributed by atoms with van der Waals surface area (Å²) in [5.41, 5.74) is 3.50. The minimum absolute atomic E-state index is 0.0218. The zero-order valence-corrected chi connectivity index (χ0v) is 18.8. The summed E-state index contributed by atoms with van der Waals surface area (Å²) in [6, 6.07) is 30.9. The molecule has 0 heterocycles. The van der Waals surface area contributed by atoms with Gasteiger partial charge in [-0.25, -0.2) is 0 Å². The first kappa shape index (κ1) is 22.5. The lowest BCUT2D eigenvalue weighted by molar-refractivity contribution is -0.0675. The maximum absolute atomic E-state index is 6.37. The fourth-order valence-electron chi connectivity index (χ4n) is 3.22. The van der Waals surface area contributed by atoms with Crippen LogP contribution in [-0.4, -0.2) is 17.5 Å². The van der Waals surface area contributed by atoms with Crippen LogP contribution in [0.2, 0.25) is 0 Å². The Balaban J connectivity index is 1.74. The van der Waals surface area contributed by atoms with Crippen molar-refractivity contribution < 1.29 is 9.47 Å². The predicted octanol–water partition coefficient (Wildman–Crippen LogP) is 7.05. The highest BCUT2D eigenvalue weighted by molar-refractivity contribution is 9.09. The topological polar surface area (TPSA) is 18.5 Å². The molecule has 3 aromatic rings. The second-order valence-corrected chi connectivity index (χ2v) is 7.99. The van der Waals surface area contributed by atoms with Crippen molar-refractivity contribution in [3.8, 4) is 0 Å². The molecule has 0 N–H and O–H groups in total. The molecule has 0 aliphatic carbocycles. The molecule has 0 bridgehead atoms. The normalized spacial score (nSPS) is 13.4. The van der Waals surface area contributed by atoms with Gasteiger partial charge in [-0.2, -0.15) is 0 Å². The summed E-state index contributed by atoms with van der Waals surface area (Å²) in [5, 5.41) is 0.950. The molecular weight excluding hydrogens is 436 g/mol. The van der Waals surface area contributed by atoms with Crippen LogP contribution in [0.25, 0.3) is 6.08 Å². The van der Waals surface area contributed by atoms with Crippen molar-refractivity contribution in [2.24, 2.45) is 0 Å². The highest BCUT2D eigenvalue weighted by Gasteiger charge is 2.21. The summed E-state index contributed by atoms with van der Waals surface area (Å²) < 4.78 is 12.7. The first-order chi connectivity index (χ1) is 14.8. The van der Waals surface area contributed by atoms with Gasteiger partial charge in [-0.15, -0.1) is 0 Å². The first-order valence-electron chi connectivity index (χ1n) is 10.5. The average molecular weight is 465 g/mol. The van der Waals surface area contributed by atoms with Gasteiger partial charge in [0.1, 0.15) is 6.10 Å².